The highest BCUT2D eigenvalue weighted by molar-refractivity contribution is 7.89. The van der Waals surface area contributed by atoms with Crippen LogP contribution in [0, 0.1) is 0 Å². The smallest absolute Gasteiger partial charge is 0.222 e. The molecule has 1 atom stereocenters. The molecule has 0 radical (unpaired) electrons. The van der Waals surface area contributed by atoms with E-state index in [9.17, 15) is 9.36 Å². The van der Waals surface area contributed by atoms with Crippen molar-refractivity contribution in [2.24, 2.45) is 0 Å². The molecule has 5 heteroatoms. The van der Waals surface area contributed by atoms with Crippen molar-refractivity contribution in [1.82, 2.24) is 0 Å². The van der Waals surface area contributed by atoms with Crippen LogP contribution >= 0.6 is 29.3 Å². The first-order valence-electron chi connectivity index (χ1n) is 7.94. The fraction of sp³-hybridized carbons (Fsp3) is 0.933. The normalized spacial score (nSPS) is 14.2. The van der Waals surface area contributed by atoms with E-state index in [4.69, 9.17) is 22.8 Å². The average molecular weight is 343 g/mol. The maximum atomic E-state index is 11.9. The van der Waals surface area contributed by atoms with Gasteiger partial charge in [-0.2, -0.15) is 0 Å². The van der Waals surface area contributed by atoms with Gasteiger partial charge < -0.3 is 4.57 Å². The van der Waals surface area contributed by atoms with E-state index in [1.165, 1.54) is 51.4 Å². The zero-order chi connectivity index (χ0) is 15.3. The lowest BCUT2D eigenvalue weighted by Gasteiger charge is -2.09. The number of carbonyl (C=O) groups excluding carboxylic acids is 1. The number of carbonyl (C=O) groups is 1. The summed E-state index contributed by atoms with van der Waals surface area (Å²) >= 11 is 11.2. The van der Waals surface area contributed by atoms with E-state index in [0.717, 1.165) is 12.8 Å². The molecule has 0 amide bonds. The van der Waals surface area contributed by atoms with Crippen LogP contribution in [0.2, 0.25) is 0 Å². The van der Waals surface area contributed by atoms with Gasteiger partial charge in [0.05, 0.1) is 0 Å². The molecule has 0 aromatic carbocycles. The highest BCUT2D eigenvalue weighted by Crippen LogP contribution is 2.52. The van der Waals surface area contributed by atoms with Gasteiger partial charge in [-0.15, -0.1) is 0 Å². The molecule has 0 bridgehead atoms. The second-order valence-corrected chi connectivity index (χ2v) is 10.3. The van der Waals surface area contributed by atoms with Crippen molar-refractivity contribution < 1.29 is 9.36 Å². The predicted molar refractivity (Wildman–Crippen MR) is 90.5 cm³/mol. The van der Waals surface area contributed by atoms with Crippen LogP contribution in [0.4, 0.5) is 0 Å². The highest BCUT2D eigenvalue weighted by atomic mass is 35.7. The summed E-state index contributed by atoms with van der Waals surface area (Å²) in [7, 11) is 0. The molecule has 0 spiro atoms. The van der Waals surface area contributed by atoms with Crippen LogP contribution in [0.15, 0.2) is 0 Å². The molecule has 0 aliphatic carbocycles. The number of unbranched alkanes of at least 4 members (excludes halogenated alkanes) is 9. The van der Waals surface area contributed by atoms with Crippen molar-refractivity contribution in [1.29, 1.82) is 0 Å². The number of hydrogen-bond donors (Lipinski definition) is 0. The molecule has 20 heavy (non-hydrogen) atoms. The van der Waals surface area contributed by atoms with Crippen LogP contribution in [0.25, 0.3) is 0 Å². The Morgan fingerprint density at radius 3 is 1.75 bits per heavy atom. The van der Waals surface area contributed by atoms with Crippen molar-refractivity contribution in [2.75, 3.05) is 12.3 Å². The largest absolute Gasteiger partial charge is 0.307 e. The molecule has 0 rings (SSSR count). The van der Waals surface area contributed by atoms with E-state index in [1.54, 1.807) is 0 Å². The first-order valence-corrected chi connectivity index (χ1v) is 11.3. The molecule has 0 saturated heterocycles. The maximum absolute atomic E-state index is 11.9. The van der Waals surface area contributed by atoms with Crippen molar-refractivity contribution >= 4 is 34.6 Å². The van der Waals surface area contributed by atoms with Crippen molar-refractivity contribution in [3.05, 3.63) is 0 Å². The Morgan fingerprint density at radius 2 is 1.30 bits per heavy atom. The molecular weight excluding hydrogens is 314 g/mol. The zero-order valence-electron chi connectivity index (χ0n) is 12.7. The van der Waals surface area contributed by atoms with Crippen LogP contribution < -0.4 is 0 Å². The van der Waals surface area contributed by atoms with Crippen LogP contribution in [0.3, 0.4) is 0 Å². The molecule has 2 nitrogen and oxygen atoms in total. The van der Waals surface area contributed by atoms with E-state index in [2.05, 4.69) is 6.92 Å². The average Bonchev–Trinajstić information content (AvgIpc) is 2.39. The van der Waals surface area contributed by atoms with Gasteiger partial charge in [0.15, 0.2) is 6.49 Å². The quantitative estimate of drug-likeness (QED) is 0.203. The van der Waals surface area contributed by atoms with Gasteiger partial charge in [0.25, 0.3) is 0 Å². The molecule has 0 aliphatic rings. The maximum Gasteiger partial charge on any atom is 0.222 e. The molecule has 0 saturated carbocycles. The fourth-order valence-electron chi connectivity index (χ4n) is 2.20. The lowest BCUT2D eigenvalue weighted by molar-refractivity contribution is -0.111. The van der Waals surface area contributed by atoms with E-state index in [-0.39, 0.29) is 12.6 Å². The molecule has 0 aromatic heterocycles. The number of halogens is 2. The lowest BCUT2D eigenvalue weighted by atomic mass is 10.1. The van der Waals surface area contributed by atoms with Crippen molar-refractivity contribution in [2.45, 2.75) is 77.6 Å². The molecule has 0 aromatic rings. The lowest BCUT2D eigenvalue weighted by Crippen LogP contribution is -1.95. The van der Waals surface area contributed by atoms with Gasteiger partial charge in [0, 0.05) is 18.7 Å². The summed E-state index contributed by atoms with van der Waals surface area (Å²) in [6, 6.07) is 0. The Morgan fingerprint density at radius 1 is 0.850 bits per heavy atom. The Bertz CT molecular complexity index is 296. The molecule has 0 N–H and O–H groups in total. The fourth-order valence-corrected chi connectivity index (χ4v) is 4.50. The minimum Gasteiger partial charge on any atom is -0.307 e. The number of hydrogen-bond acceptors (Lipinski definition) is 2. The topological polar surface area (TPSA) is 34.1 Å². The van der Waals surface area contributed by atoms with Gasteiger partial charge >= 0.3 is 0 Å². The summed E-state index contributed by atoms with van der Waals surface area (Å²) in [6.45, 7) is -0.419. The van der Waals surface area contributed by atoms with E-state index in [1.807, 2.05) is 0 Å². The van der Waals surface area contributed by atoms with Gasteiger partial charge in [-0.1, -0.05) is 76.0 Å². The third kappa shape index (κ3) is 14.9. The summed E-state index contributed by atoms with van der Waals surface area (Å²) in [5, 5.41) is -0.450. The molecule has 1 unspecified atom stereocenters. The van der Waals surface area contributed by atoms with Crippen molar-refractivity contribution in [3.63, 3.8) is 0 Å². The van der Waals surface area contributed by atoms with Crippen LogP contribution in [-0.4, -0.2) is 17.6 Å². The summed E-state index contributed by atoms with van der Waals surface area (Å²) < 4.78 is 11.9. The van der Waals surface area contributed by atoms with Crippen LogP contribution in [-0.2, 0) is 9.36 Å². The highest BCUT2D eigenvalue weighted by Gasteiger charge is 2.18. The summed E-state index contributed by atoms with van der Waals surface area (Å²) in [5.74, 6) is 0. The summed E-state index contributed by atoms with van der Waals surface area (Å²) in [6.07, 6.45) is 13.4. The predicted octanol–water partition coefficient (Wildman–Crippen LogP) is 6.58. The summed E-state index contributed by atoms with van der Waals surface area (Å²) in [5.41, 5.74) is 0. The molecule has 120 valence electrons. The Balaban J connectivity index is 3.34. The summed E-state index contributed by atoms with van der Waals surface area (Å²) in [4.78, 5) is 10.6. The first kappa shape index (κ1) is 20.5. The molecular formula is C15H29Cl2O2P. The Labute approximate surface area is 134 Å². The monoisotopic (exact) mass is 342 g/mol. The second-order valence-electron chi connectivity index (χ2n) is 5.52. The molecule has 0 aliphatic heterocycles. The van der Waals surface area contributed by atoms with E-state index >= 15 is 0 Å². The van der Waals surface area contributed by atoms with E-state index in [0.29, 0.717) is 6.16 Å². The van der Waals surface area contributed by atoms with Gasteiger partial charge in [-0.25, -0.2) is 0 Å². The minimum atomic E-state index is -2.65. The molecule has 0 heterocycles. The van der Waals surface area contributed by atoms with Crippen LogP contribution in [0.5, 0.6) is 0 Å². The first-order chi connectivity index (χ1) is 9.48. The standard InChI is InChI=1S/C15H29Cl2O2P/c1-2-3-4-5-6-7-8-9-10-11-13-20(17,19)14-12-15(16)18/h2-14H2,1H3. The number of rotatable bonds is 14. The minimum absolute atomic E-state index is 0.125. The third-order valence-corrected chi connectivity index (χ3v) is 6.57. The van der Waals surface area contributed by atoms with E-state index < -0.39 is 11.7 Å². The Kier molecular flexibility index (Phi) is 13.5. The zero-order valence-corrected chi connectivity index (χ0v) is 15.1. The van der Waals surface area contributed by atoms with Gasteiger partial charge in [0.2, 0.25) is 5.24 Å². The Hall–Kier alpha value is 0.480. The molecule has 0 fully saturated rings. The third-order valence-electron chi connectivity index (χ3n) is 3.49. The van der Waals surface area contributed by atoms with Gasteiger partial charge in [-0.3, -0.25) is 4.79 Å². The second kappa shape index (κ2) is 13.2. The van der Waals surface area contributed by atoms with Gasteiger partial charge in [0.1, 0.15) is 0 Å². The van der Waals surface area contributed by atoms with Crippen LogP contribution in [0.1, 0.15) is 77.6 Å². The SMILES string of the molecule is CCCCCCCCCCCCP(=O)(Cl)CCC(=O)Cl. The van der Waals surface area contributed by atoms with Crippen molar-refractivity contribution in [3.8, 4) is 0 Å². The van der Waals surface area contributed by atoms with Gasteiger partial charge in [-0.05, 0) is 18.0 Å².